The van der Waals surface area contributed by atoms with E-state index in [0.29, 0.717) is 13.1 Å². The van der Waals surface area contributed by atoms with Gasteiger partial charge in [-0.3, -0.25) is 0 Å². The molecule has 2 radical (unpaired) electrons. The zero-order valence-electron chi connectivity index (χ0n) is 8.17. The molecular weight excluding hydrogens is 184 g/mol. The molecule has 5 heteroatoms. The van der Waals surface area contributed by atoms with Crippen molar-refractivity contribution in [2.24, 2.45) is 0 Å². The molecule has 0 bridgehead atoms. The van der Waals surface area contributed by atoms with Gasteiger partial charge >= 0.3 is 12.5 Å². The normalized spacial score (nSPS) is 9.21. The van der Waals surface area contributed by atoms with Gasteiger partial charge in [-0.15, -0.1) is 0 Å². The van der Waals surface area contributed by atoms with Crippen molar-refractivity contribution in [3.63, 3.8) is 0 Å². The number of hydrogen-bond donors (Lipinski definition) is 2. The van der Waals surface area contributed by atoms with Crippen LogP contribution in [0.5, 0.6) is 0 Å². The van der Waals surface area contributed by atoms with Crippen LogP contribution in [0.15, 0.2) is 0 Å². The predicted molar refractivity (Wildman–Crippen MR) is 52.3 cm³/mol. The van der Waals surface area contributed by atoms with Gasteiger partial charge in [-0.1, -0.05) is 19.8 Å². The SMILES string of the molecule is [CH2]CCCCNC(=O)NCCO[C]=O. The second-order valence-electron chi connectivity index (χ2n) is 2.68. The monoisotopic (exact) mass is 200 g/mol. The van der Waals surface area contributed by atoms with Gasteiger partial charge in [0.05, 0.1) is 6.54 Å². The molecule has 80 valence electrons. The highest BCUT2D eigenvalue weighted by Crippen LogP contribution is 1.90. The number of amides is 2. The summed E-state index contributed by atoms with van der Waals surface area (Å²) in [7, 11) is 0. The first-order valence-electron chi connectivity index (χ1n) is 4.61. The minimum Gasteiger partial charge on any atom is -0.455 e. The average molecular weight is 200 g/mol. The molecule has 0 spiro atoms. The molecule has 14 heavy (non-hydrogen) atoms. The molecule has 0 aromatic rings. The van der Waals surface area contributed by atoms with Crippen molar-refractivity contribution in [3.05, 3.63) is 6.92 Å². The molecule has 0 unspecified atom stereocenters. The van der Waals surface area contributed by atoms with Gasteiger partial charge in [-0.05, 0) is 6.42 Å². The van der Waals surface area contributed by atoms with Crippen molar-refractivity contribution in [1.29, 1.82) is 0 Å². The fourth-order valence-electron chi connectivity index (χ4n) is 0.823. The van der Waals surface area contributed by atoms with Gasteiger partial charge < -0.3 is 15.4 Å². The first-order chi connectivity index (χ1) is 6.81. The van der Waals surface area contributed by atoms with Crippen molar-refractivity contribution in [2.45, 2.75) is 19.3 Å². The number of carbonyl (C=O) groups is 1. The third-order valence-corrected chi connectivity index (χ3v) is 1.51. The van der Waals surface area contributed by atoms with Crippen molar-refractivity contribution >= 4 is 12.5 Å². The van der Waals surface area contributed by atoms with Gasteiger partial charge in [0.25, 0.3) is 0 Å². The topological polar surface area (TPSA) is 67.4 Å². The molecule has 0 fully saturated rings. The smallest absolute Gasteiger partial charge is 0.417 e. The Morgan fingerprint density at radius 2 is 2.00 bits per heavy atom. The molecule has 0 aliphatic carbocycles. The molecule has 0 aromatic heterocycles. The Balaban J connectivity index is 3.15. The first-order valence-corrected chi connectivity index (χ1v) is 4.61. The van der Waals surface area contributed by atoms with E-state index in [-0.39, 0.29) is 12.6 Å². The summed E-state index contributed by atoms with van der Waals surface area (Å²) in [5, 5.41) is 5.19. The summed E-state index contributed by atoms with van der Waals surface area (Å²) in [4.78, 5) is 20.6. The molecule has 0 saturated carbocycles. The minimum absolute atomic E-state index is 0.149. The molecule has 0 atom stereocenters. The maximum atomic E-state index is 11.0. The zero-order valence-corrected chi connectivity index (χ0v) is 8.17. The van der Waals surface area contributed by atoms with Crippen molar-refractivity contribution in [3.8, 4) is 0 Å². The predicted octanol–water partition coefficient (Wildman–Crippen LogP) is 0.374. The van der Waals surface area contributed by atoms with Gasteiger partial charge in [-0.25, -0.2) is 9.59 Å². The molecular formula is C9H16N2O3. The van der Waals surface area contributed by atoms with E-state index in [2.05, 4.69) is 22.3 Å². The second-order valence-corrected chi connectivity index (χ2v) is 2.68. The highest BCUT2D eigenvalue weighted by molar-refractivity contribution is 5.73. The van der Waals surface area contributed by atoms with E-state index in [9.17, 15) is 9.59 Å². The Bertz CT molecular complexity index is 162. The van der Waals surface area contributed by atoms with Gasteiger partial charge in [0.15, 0.2) is 0 Å². The lowest BCUT2D eigenvalue weighted by molar-refractivity contribution is 0.233. The lowest BCUT2D eigenvalue weighted by Gasteiger charge is -2.05. The minimum atomic E-state index is -0.247. The maximum absolute atomic E-state index is 11.0. The van der Waals surface area contributed by atoms with Crippen LogP contribution in [-0.4, -0.2) is 32.2 Å². The third kappa shape index (κ3) is 8.83. The van der Waals surface area contributed by atoms with E-state index in [1.165, 1.54) is 6.47 Å². The summed E-state index contributed by atoms with van der Waals surface area (Å²) in [6.07, 6.45) is 2.81. The van der Waals surface area contributed by atoms with Crippen molar-refractivity contribution in [2.75, 3.05) is 19.7 Å². The van der Waals surface area contributed by atoms with Gasteiger partial charge in [-0.2, -0.15) is 0 Å². The number of hydrogen-bond acceptors (Lipinski definition) is 3. The van der Waals surface area contributed by atoms with E-state index in [4.69, 9.17) is 0 Å². The number of nitrogens with one attached hydrogen (secondary N) is 2. The number of rotatable bonds is 8. The van der Waals surface area contributed by atoms with Crippen LogP contribution in [0.2, 0.25) is 0 Å². The van der Waals surface area contributed by atoms with Crippen molar-refractivity contribution < 1.29 is 14.3 Å². The Morgan fingerprint density at radius 3 is 2.64 bits per heavy atom. The summed E-state index contributed by atoms with van der Waals surface area (Å²) >= 11 is 0. The quantitative estimate of drug-likeness (QED) is 0.556. The number of unbranched alkanes of at least 4 members (excludes halogenated alkanes) is 2. The van der Waals surface area contributed by atoms with Crippen molar-refractivity contribution in [1.82, 2.24) is 10.6 Å². The van der Waals surface area contributed by atoms with Crippen LogP contribution < -0.4 is 10.6 Å². The Morgan fingerprint density at radius 1 is 1.29 bits per heavy atom. The zero-order chi connectivity index (χ0) is 10.6. The highest BCUT2D eigenvalue weighted by Gasteiger charge is 1.97. The fraction of sp³-hybridized carbons (Fsp3) is 0.667. The summed E-state index contributed by atoms with van der Waals surface area (Å²) in [5.74, 6) is 0. The molecule has 0 heterocycles. The number of carbonyl (C=O) groups excluding carboxylic acids is 2. The van der Waals surface area contributed by atoms with E-state index in [1.807, 2.05) is 0 Å². The number of urea groups is 1. The third-order valence-electron chi connectivity index (χ3n) is 1.51. The largest absolute Gasteiger partial charge is 0.455 e. The Hall–Kier alpha value is -1.26. The van der Waals surface area contributed by atoms with E-state index in [0.717, 1.165) is 19.3 Å². The standard InChI is InChI=1S/C9H16N2O3/c1-2-3-4-5-10-9(13)11-6-7-14-8-12/h1-7H2,(H2,10,11,13). The molecule has 0 aliphatic rings. The maximum Gasteiger partial charge on any atom is 0.417 e. The Labute approximate surface area is 84.2 Å². The lowest BCUT2D eigenvalue weighted by atomic mass is 10.2. The van der Waals surface area contributed by atoms with Crippen LogP contribution in [0.4, 0.5) is 4.79 Å². The van der Waals surface area contributed by atoms with E-state index < -0.39 is 0 Å². The van der Waals surface area contributed by atoms with Gasteiger partial charge in [0.2, 0.25) is 0 Å². The van der Waals surface area contributed by atoms with Gasteiger partial charge in [0, 0.05) is 6.54 Å². The van der Waals surface area contributed by atoms with E-state index >= 15 is 0 Å². The van der Waals surface area contributed by atoms with Crippen LogP contribution in [0.3, 0.4) is 0 Å². The molecule has 2 amide bonds. The van der Waals surface area contributed by atoms with Crippen LogP contribution in [0.25, 0.3) is 0 Å². The van der Waals surface area contributed by atoms with Crippen LogP contribution in [-0.2, 0) is 9.53 Å². The van der Waals surface area contributed by atoms with Crippen LogP contribution >= 0.6 is 0 Å². The molecule has 0 rings (SSSR count). The molecule has 0 saturated heterocycles. The summed E-state index contributed by atoms with van der Waals surface area (Å²) in [6, 6.07) is -0.247. The second kappa shape index (κ2) is 9.83. The summed E-state index contributed by atoms with van der Waals surface area (Å²) < 4.78 is 4.27. The lowest BCUT2D eigenvalue weighted by Crippen LogP contribution is -2.37. The van der Waals surface area contributed by atoms with E-state index in [1.54, 1.807) is 0 Å². The summed E-state index contributed by atoms with van der Waals surface area (Å²) in [6.45, 7) is 6.06. The fourth-order valence-corrected chi connectivity index (χ4v) is 0.823. The summed E-state index contributed by atoms with van der Waals surface area (Å²) in [5.41, 5.74) is 0. The first kappa shape index (κ1) is 12.7. The van der Waals surface area contributed by atoms with Crippen LogP contribution in [0, 0.1) is 6.92 Å². The Kier molecular flexibility index (Phi) is 8.94. The van der Waals surface area contributed by atoms with Crippen LogP contribution in [0.1, 0.15) is 19.3 Å². The average Bonchev–Trinajstić information content (AvgIpc) is 2.19. The molecule has 0 aromatic carbocycles. The highest BCUT2D eigenvalue weighted by atomic mass is 16.5. The number of ether oxygens (including phenoxy) is 1. The molecule has 2 N–H and O–H groups in total. The molecule has 5 nitrogen and oxygen atoms in total. The molecule has 0 aliphatic heterocycles. The van der Waals surface area contributed by atoms with Gasteiger partial charge in [0.1, 0.15) is 6.61 Å².